The number of aliphatic hydroxyl groups excluding tert-OH is 1. The fourth-order valence-corrected chi connectivity index (χ4v) is 2.19. The number of ether oxygens (including phenoxy) is 1. The fraction of sp³-hybridized carbons (Fsp3) is 0.333. The molecule has 0 aliphatic rings. The number of aliphatic hydroxyl groups is 1. The van der Waals surface area contributed by atoms with Crippen molar-refractivity contribution in [3.8, 4) is 5.75 Å². The van der Waals surface area contributed by atoms with Crippen molar-refractivity contribution in [3.63, 3.8) is 0 Å². The predicted octanol–water partition coefficient (Wildman–Crippen LogP) is 4.20. The highest BCUT2D eigenvalue weighted by molar-refractivity contribution is 5.33. The maximum atomic E-state index is 13.3. The van der Waals surface area contributed by atoms with E-state index in [4.69, 9.17) is 4.74 Å². The Morgan fingerprint density at radius 1 is 1.14 bits per heavy atom. The second-order valence-electron chi connectivity index (χ2n) is 5.27. The van der Waals surface area contributed by atoms with Crippen molar-refractivity contribution in [1.82, 2.24) is 0 Å². The molecule has 0 aliphatic heterocycles. The molecule has 2 aromatic rings. The third kappa shape index (κ3) is 3.82. The van der Waals surface area contributed by atoms with E-state index in [9.17, 15) is 9.50 Å². The van der Waals surface area contributed by atoms with Crippen molar-refractivity contribution >= 4 is 0 Å². The van der Waals surface area contributed by atoms with Crippen LogP contribution in [0.3, 0.4) is 0 Å². The Bertz CT molecular complexity index is 593. The molecule has 112 valence electrons. The van der Waals surface area contributed by atoms with Crippen molar-refractivity contribution in [1.29, 1.82) is 0 Å². The lowest BCUT2D eigenvalue weighted by molar-refractivity contribution is 0.0461. The molecule has 0 fully saturated rings. The molecule has 0 spiro atoms. The quantitative estimate of drug-likeness (QED) is 0.893. The van der Waals surface area contributed by atoms with Gasteiger partial charge in [0.15, 0.2) is 0 Å². The monoisotopic (exact) mass is 288 g/mol. The van der Waals surface area contributed by atoms with E-state index in [0.717, 1.165) is 17.5 Å². The summed E-state index contributed by atoms with van der Waals surface area (Å²) >= 11 is 0. The minimum Gasteiger partial charge on any atom is -0.487 e. The first-order chi connectivity index (χ1) is 10.0. The summed E-state index contributed by atoms with van der Waals surface area (Å²) in [5, 5.41) is 10.4. The van der Waals surface area contributed by atoms with E-state index in [1.165, 1.54) is 17.7 Å². The van der Waals surface area contributed by atoms with Crippen LogP contribution >= 0.6 is 0 Å². The molecule has 2 atom stereocenters. The van der Waals surface area contributed by atoms with E-state index in [1.807, 2.05) is 31.2 Å². The lowest BCUT2D eigenvalue weighted by Gasteiger charge is -2.22. The van der Waals surface area contributed by atoms with Crippen LogP contribution in [0.25, 0.3) is 0 Å². The minimum atomic E-state index is -0.751. The smallest absolute Gasteiger partial charge is 0.126 e. The van der Waals surface area contributed by atoms with Gasteiger partial charge in [0.1, 0.15) is 23.8 Å². The molecule has 0 bridgehead atoms. The lowest BCUT2D eigenvalue weighted by atomic mass is 10.0. The Morgan fingerprint density at radius 3 is 2.43 bits per heavy atom. The Hall–Kier alpha value is -1.87. The molecule has 21 heavy (non-hydrogen) atoms. The van der Waals surface area contributed by atoms with E-state index in [-0.39, 0.29) is 5.82 Å². The van der Waals surface area contributed by atoms with E-state index in [0.29, 0.717) is 5.75 Å². The molecule has 2 unspecified atom stereocenters. The molecule has 0 heterocycles. The summed E-state index contributed by atoms with van der Waals surface area (Å²) in [5.41, 5.74) is 2.87. The highest BCUT2D eigenvalue weighted by atomic mass is 19.1. The second kappa shape index (κ2) is 6.72. The number of benzene rings is 2. The van der Waals surface area contributed by atoms with Gasteiger partial charge < -0.3 is 9.84 Å². The first-order valence-corrected chi connectivity index (χ1v) is 7.21. The fourth-order valence-electron chi connectivity index (χ4n) is 2.19. The first kappa shape index (κ1) is 15.5. The molecular weight excluding hydrogens is 267 g/mol. The van der Waals surface area contributed by atoms with Crippen molar-refractivity contribution in [2.75, 3.05) is 0 Å². The van der Waals surface area contributed by atoms with Crippen LogP contribution in [0.1, 0.15) is 36.6 Å². The molecular formula is C18H21FO2. The van der Waals surface area contributed by atoms with E-state index in [2.05, 4.69) is 6.92 Å². The zero-order valence-corrected chi connectivity index (χ0v) is 12.6. The van der Waals surface area contributed by atoms with Crippen LogP contribution in [-0.2, 0) is 6.42 Å². The van der Waals surface area contributed by atoms with Gasteiger partial charge >= 0.3 is 0 Å². The standard InChI is InChI=1S/C18H21FO2/c1-4-14-6-8-15(9-7-14)18(20)13(3)21-17-11-16(19)10-5-12(17)2/h5-11,13,18,20H,4H2,1-3H3. The van der Waals surface area contributed by atoms with Crippen LogP contribution in [0.4, 0.5) is 4.39 Å². The summed E-state index contributed by atoms with van der Waals surface area (Å²) in [6.45, 7) is 5.72. The molecule has 3 heteroatoms. The summed E-state index contributed by atoms with van der Waals surface area (Å²) in [6, 6.07) is 12.2. The average molecular weight is 288 g/mol. The molecule has 0 aromatic heterocycles. The van der Waals surface area contributed by atoms with Crippen LogP contribution in [0, 0.1) is 12.7 Å². The van der Waals surface area contributed by atoms with Crippen LogP contribution in [0.2, 0.25) is 0 Å². The maximum absolute atomic E-state index is 13.3. The summed E-state index contributed by atoms with van der Waals surface area (Å²) in [6.07, 6.45) is -0.248. The number of hydrogen-bond donors (Lipinski definition) is 1. The summed E-state index contributed by atoms with van der Waals surface area (Å²) in [4.78, 5) is 0. The molecule has 2 rings (SSSR count). The van der Waals surface area contributed by atoms with Gasteiger partial charge in [0.2, 0.25) is 0 Å². The van der Waals surface area contributed by atoms with Crippen molar-refractivity contribution in [2.24, 2.45) is 0 Å². The number of aryl methyl sites for hydroxylation is 2. The topological polar surface area (TPSA) is 29.5 Å². The lowest BCUT2D eigenvalue weighted by Crippen LogP contribution is -2.22. The molecule has 0 aliphatic carbocycles. The van der Waals surface area contributed by atoms with E-state index in [1.54, 1.807) is 13.0 Å². The van der Waals surface area contributed by atoms with Gasteiger partial charge in [-0.2, -0.15) is 0 Å². The first-order valence-electron chi connectivity index (χ1n) is 7.21. The van der Waals surface area contributed by atoms with Gasteiger partial charge in [-0.1, -0.05) is 37.3 Å². The predicted molar refractivity (Wildman–Crippen MR) is 82.0 cm³/mol. The number of halogens is 1. The highest BCUT2D eigenvalue weighted by Crippen LogP contribution is 2.25. The SMILES string of the molecule is CCc1ccc(C(O)C(C)Oc2cc(F)ccc2C)cc1. The Labute approximate surface area is 125 Å². The van der Waals surface area contributed by atoms with Gasteiger partial charge in [-0.15, -0.1) is 0 Å². The van der Waals surface area contributed by atoms with Gasteiger partial charge in [0.25, 0.3) is 0 Å². The summed E-state index contributed by atoms with van der Waals surface area (Å²) < 4.78 is 19.0. The number of rotatable bonds is 5. The van der Waals surface area contributed by atoms with Gasteiger partial charge in [0.05, 0.1) is 0 Å². The van der Waals surface area contributed by atoms with Gasteiger partial charge in [0, 0.05) is 6.07 Å². The van der Waals surface area contributed by atoms with E-state index < -0.39 is 12.2 Å². The third-order valence-corrected chi connectivity index (χ3v) is 3.64. The van der Waals surface area contributed by atoms with Gasteiger partial charge in [-0.25, -0.2) is 4.39 Å². The second-order valence-corrected chi connectivity index (χ2v) is 5.27. The molecule has 0 radical (unpaired) electrons. The van der Waals surface area contributed by atoms with E-state index >= 15 is 0 Å². The van der Waals surface area contributed by atoms with Crippen molar-refractivity contribution in [2.45, 2.75) is 39.4 Å². The summed E-state index contributed by atoms with van der Waals surface area (Å²) in [5.74, 6) is 0.122. The Balaban J connectivity index is 2.11. The normalized spacial score (nSPS) is 13.8. The van der Waals surface area contributed by atoms with Crippen LogP contribution in [0.5, 0.6) is 5.75 Å². The minimum absolute atomic E-state index is 0.343. The molecule has 2 nitrogen and oxygen atoms in total. The van der Waals surface area contributed by atoms with Crippen molar-refractivity contribution in [3.05, 3.63) is 65.0 Å². The summed E-state index contributed by atoms with van der Waals surface area (Å²) in [7, 11) is 0. The average Bonchev–Trinajstić information content (AvgIpc) is 2.50. The third-order valence-electron chi connectivity index (χ3n) is 3.64. The maximum Gasteiger partial charge on any atom is 0.126 e. The van der Waals surface area contributed by atoms with Crippen LogP contribution < -0.4 is 4.74 Å². The number of hydrogen-bond acceptors (Lipinski definition) is 2. The van der Waals surface area contributed by atoms with Crippen molar-refractivity contribution < 1.29 is 14.2 Å². The molecule has 0 saturated heterocycles. The van der Waals surface area contributed by atoms with Crippen LogP contribution in [-0.4, -0.2) is 11.2 Å². The zero-order valence-electron chi connectivity index (χ0n) is 12.6. The Kier molecular flexibility index (Phi) is 4.97. The molecule has 1 N–H and O–H groups in total. The molecule has 0 amide bonds. The zero-order chi connectivity index (χ0) is 15.4. The van der Waals surface area contributed by atoms with Gasteiger partial charge in [-0.3, -0.25) is 0 Å². The highest BCUT2D eigenvalue weighted by Gasteiger charge is 2.19. The van der Waals surface area contributed by atoms with Gasteiger partial charge in [-0.05, 0) is 43.0 Å². The van der Waals surface area contributed by atoms with Crippen LogP contribution in [0.15, 0.2) is 42.5 Å². The molecule has 0 saturated carbocycles. The molecule has 2 aromatic carbocycles. The largest absolute Gasteiger partial charge is 0.487 e. The Morgan fingerprint density at radius 2 is 1.81 bits per heavy atom.